The Morgan fingerprint density at radius 1 is 1.14 bits per heavy atom. The van der Waals surface area contributed by atoms with Gasteiger partial charge in [0.2, 0.25) is 0 Å². The van der Waals surface area contributed by atoms with Gasteiger partial charge in [-0.15, -0.1) is 0 Å². The first kappa shape index (κ1) is 16.9. The van der Waals surface area contributed by atoms with Crippen molar-refractivity contribution in [3.05, 3.63) is 59.7 Å². The van der Waals surface area contributed by atoms with Crippen molar-refractivity contribution in [1.82, 2.24) is 0 Å². The molecule has 0 spiro atoms. The zero-order valence-corrected chi connectivity index (χ0v) is 13.5. The maximum absolute atomic E-state index is 5.87. The fourth-order valence-corrected chi connectivity index (χ4v) is 2.37. The summed E-state index contributed by atoms with van der Waals surface area (Å²) in [6.45, 7) is 5.72. The molecule has 0 aromatic heterocycles. The van der Waals surface area contributed by atoms with Gasteiger partial charge in [0.25, 0.3) is 0 Å². The fourth-order valence-electron chi connectivity index (χ4n) is 2.37. The van der Waals surface area contributed by atoms with E-state index in [2.05, 4.69) is 31.2 Å². The van der Waals surface area contributed by atoms with Gasteiger partial charge < -0.3 is 14.2 Å². The first-order chi connectivity index (χ1) is 10.8. The highest BCUT2D eigenvalue weighted by atomic mass is 16.7. The summed E-state index contributed by atoms with van der Waals surface area (Å²) in [5.74, 6) is 0. The maximum Gasteiger partial charge on any atom is 0.181 e. The van der Waals surface area contributed by atoms with Crippen molar-refractivity contribution in [2.75, 3.05) is 19.8 Å². The van der Waals surface area contributed by atoms with Crippen molar-refractivity contribution < 1.29 is 14.2 Å². The van der Waals surface area contributed by atoms with Gasteiger partial charge in [-0.25, -0.2) is 0 Å². The standard InChI is InChI=1S/C19H26O3/c1-3-5-6-7-13-20-19-15-21-18(14-22-19)17-11-9-16(8-4-2)10-12-17/h3,5-7,9-12,18-19H,4,8,13-15H2,1-2H3/b5-3+,7-6+/t18-,19+/m1/s1. The lowest BCUT2D eigenvalue weighted by molar-refractivity contribution is -0.232. The minimum Gasteiger partial charge on any atom is -0.366 e. The van der Waals surface area contributed by atoms with Gasteiger partial charge >= 0.3 is 0 Å². The first-order valence-corrected chi connectivity index (χ1v) is 8.05. The van der Waals surface area contributed by atoms with Crippen LogP contribution in [0.2, 0.25) is 0 Å². The molecule has 3 nitrogen and oxygen atoms in total. The van der Waals surface area contributed by atoms with Crippen LogP contribution >= 0.6 is 0 Å². The van der Waals surface area contributed by atoms with E-state index in [4.69, 9.17) is 14.2 Å². The molecule has 1 saturated heterocycles. The number of ether oxygens (including phenoxy) is 3. The minimum atomic E-state index is -0.272. The van der Waals surface area contributed by atoms with E-state index in [1.807, 2.05) is 31.2 Å². The van der Waals surface area contributed by atoms with Crippen LogP contribution in [0.3, 0.4) is 0 Å². The van der Waals surface area contributed by atoms with E-state index in [1.54, 1.807) is 0 Å². The minimum absolute atomic E-state index is 0.00842. The van der Waals surface area contributed by atoms with E-state index >= 15 is 0 Å². The van der Waals surface area contributed by atoms with Crippen molar-refractivity contribution in [3.63, 3.8) is 0 Å². The molecule has 0 saturated carbocycles. The molecule has 22 heavy (non-hydrogen) atoms. The van der Waals surface area contributed by atoms with Gasteiger partial charge in [-0.1, -0.05) is 61.9 Å². The molecule has 0 N–H and O–H groups in total. The van der Waals surface area contributed by atoms with Crippen molar-refractivity contribution >= 4 is 0 Å². The molecule has 0 radical (unpaired) electrons. The zero-order valence-electron chi connectivity index (χ0n) is 13.5. The normalized spacial score (nSPS) is 22.6. The Bertz CT molecular complexity index is 468. The molecule has 120 valence electrons. The summed E-state index contributed by atoms with van der Waals surface area (Å²) in [5, 5.41) is 0. The summed E-state index contributed by atoms with van der Waals surface area (Å²) >= 11 is 0. The lowest BCUT2D eigenvalue weighted by Gasteiger charge is -2.29. The molecule has 3 heteroatoms. The lowest BCUT2D eigenvalue weighted by atomic mass is 10.0. The first-order valence-electron chi connectivity index (χ1n) is 8.05. The van der Waals surface area contributed by atoms with Crippen LogP contribution in [-0.4, -0.2) is 26.1 Å². The second-order valence-corrected chi connectivity index (χ2v) is 5.36. The zero-order chi connectivity index (χ0) is 15.6. The summed E-state index contributed by atoms with van der Waals surface area (Å²) in [7, 11) is 0. The van der Waals surface area contributed by atoms with Gasteiger partial charge in [0.05, 0.1) is 19.8 Å². The van der Waals surface area contributed by atoms with Crippen LogP contribution in [-0.2, 0) is 20.6 Å². The highest BCUT2D eigenvalue weighted by Gasteiger charge is 2.23. The van der Waals surface area contributed by atoms with Gasteiger partial charge in [0.1, 0.15) is 6.10 Å². The third-order valence-electron chi connectivity index (χ3n) is 3.58. The van der Waals surface area contributed by atoms with Gasteiger partial charge in [0.15, 0.2) is 6.29 Å². The third kappa shape index (κ3) is 5.41. The molecule has 1 aromatic carbocycles. The summed E-state index contributed by atoms with van der Waals surface area (Å²) in [6.07, 6.45) is 9.90. The second-order valence-electron chi connectivity index (χ2n) is 5.36. The highest BCUT2D eigenvalue weighted by Crippen LogP contribution is 2.23. The molecule has 1 aromatic rings. The van der Waals surface area contributed by atoms with Crippen molar-refractivity contribution in [3.8, 4) is 0 Å². The van der Waals surface area contributed by atoms with Gasteiger partial charge in [-0.2, -0.15) is 0 Å². The van der Waals surface area contributed by atoms with E-state index in [-0.39, 0.29) is 12.4 Å². The number of allylic oxidation sites excluding steroid dienone is 3. The molecule has 0 amide bonds. The molecular weight excluding hydrogens is 276 g/mol. The molecule has 2 atom stereocenters. The summed E-state index contributed by atoms with van der Waals surface area (Å²) in [4.78, 5) is 0. The Balaban J connectivity index is 1.74. The Morgan fingerprint density at radius 3 is 2.59 bits per heavy atom. The van der Waals surface area contributed by atoms with Gasteiger partial charge in [0, 0.05) is 0 Å². The van der Waals surface area contributed by atoms with Crippen molar-refractivity contribution in [1.29, 1.82) is 0 Å². The Kier molecular flexibility index (Phi) is 7.37. The Labute approximate surface area is 133 Å². The molecule has 1 aliphatic rings. The summed E-state index contributed by atoms with van der Waals surface area (Å²) < 4.78 is 17.2. The predicted molar refractivity (Wildman–Crippen MR) is 88.8 cm³/mol. The molecule has 1 aliphatic heterocycles. The number of benzene rings is 1. The van der Waals surface area contributed by atoms with Crippen LogP contribution in [0.25, 0.3) is 0 Å². The van der Waals surface area contributed by atoms with Crippen LogP contribution in [0.5, 0.6) is 0 Å². The SMILES string of the molecule is C/C=C/C=C/CO[C@@H]1CO[C@@H](c2ccc(CCC)cc2)CO1. The average Bonchev–Trinajstić information content (AvgIpc) is 2.56. The van der Waals surface area contributed by atoms with E-state index < -0.39 is 0 Å². The van der Waals surface area contributed by atoms with Gasteiger partial charge in [-0.3, -0.25) is 0 Å². The summed E-state index contributed by atoms with van der Waals surface area (Å²) in [6, 6.07) is 8.63. The number of hydrogen-bond acceptors (Lipinski definition) is 3. The number of rotatable bonds is 7. The molecule has 1 fully saturated rings. The quantitative estimate of drug-likeness (QED) is 0.706. The predicted octanol–water partition coefficient (Wildman–Crippen LogP) is 4.20. The van der Waals surface area contributed by atoms with Crippen LogP contribution in [0.4, 0.5) is 0 Å². The molecule has 1 heterocycles. The second kappa shape index (κ2) is 9.57. The smallest absolute Gasteiger partial charge is 0.181 e. The summed E-state index contributed by atoms with van der Waals surface area (Å²) in [5.41, 5.74) is 2.54. The number of hydrogen-bond donors (Lipinski definition) is 0. The fraction of sp³-hybridized carbons (Fsp3) is 0.474. The highest BCUT2D eigenvalue weighted by molar-refractivity contribution is 5.24. The van der Waals surface area contributed by atoms with Crippen molar-refractivity contribution in [2.24, 2.45) is 0 Å². The Morgan fingerprint density at radius 2 is 1.95 bits per heavy atom. The van der Waals surface area contributed by atoms with E-state index in [0.717, 1.165) is 6.42 Å². The van der Waals surface area contributed by atoms with Crippen molar-refractivity contribution in [2.45, 2.75) is 39.1 Å². The largest absolute Gasteiger partial charge is 0.366 e. The Hall–Kier alpha value is -1.42. The number of aryl methyl sites for hydroxylation is 1. The van der Waals surface area contributed by atoms with E-state index in [1.165, 1.54) is 17.5 Å². The molecule has 0 unspecified atom stereocenters. The maximum atomic E-state index is 5.87. The average molecular weight is 302 g/mol. The lowest BCUT2D eigenvalue weighted by Crippen LogP contribution is -2.33. The molecule has 0 bridgehead atoms. The third-order valence-corrected chi connectivity index (χ3v) is 3.58. The molecule has 0 aliphatic carbocycles. The van der Waals surface area contributed by atoms with Crippen LogP contribution in [0.1, 0.15) is 37.5 Å². The van der Waals surface area contributed by atoms with E-state index in [0.29, 0.717) is 19.8 Å². The van der Waals surface area contributed by atoms with Gasteiger partial charge in [-0.05, 0) is 24.5 Å². The monoisotopic (exact) mass is 302 g/mol. The van der Waals surface area contributed by atoms with Crippen LogP contribution in [0.15, 0.2) is 48.6 Å². The molecule has 2 rings (SSSR count). The van der Waals surface area contributed by atoms with Crippen LogP contribution < -0.4 is 0 Å². The van der Waals surface area contributed by atoms with Crippen LogP contribution in [0, 0.1) is 0 Å². The molecular formula is C19H26O3. The van der Waals surface area contributed by atoms with E-state index in [9.17, 15) is 0 Å². The topological polar surface area (TPSA) is 27.7 Å².